The Kier molecular flexibility index (Phi) is 6.64. The monoisotopic (exact) mass is 314 g/mol. The molecular formula is C15H20Cl2N2O. The molecule has 2 rings (SSSR count). The number of benzene rings is 1. The molecule has 0 amide bonds. The third-order valence-corrected chi connectivity index (χ3v) is 3.87. The molecule has 1 aromatic carbocycles. The Hall–Kier alpha value is -0.770. The van der Waals surface area contributed by atoms with Gasteiger partial charge in [-0.25, -0.2) is 0 Å². The van der Waals surface area contributed by atoms with Crippen LogP contribution in [0.1, 0.15) is 24.8 Å². The maximum atomic E-state index is 6.26. The molecule has 1 aliphatic rings. The Morgan fingerprint density at radius 1 is 1.20 bits per heavy atom. The minimum absolute atomic E-state index is 0.0582. The summed E-state index contributed by atoms with van der Waals surface area (Å²) >= 11 is 12.3. The fourth-order valence-corrected chi connectivity index (χ4v) is 2.70. The molecule has 1 aromatic rings. The van der Waals surface area contributed by atoms with Crippen molar-refractivity contribution in [2.24, 2.45) is 5.16 Å². The molecule has 0 bridgehead atoms. The lowest BCUT2D eigenvalue weighted by molar-refractivity contribution is 0.128. The summed E-state index contributed by atoms with van der Waals surface area (Å²) < 4.78 is 0. The lowest BCUT2D eigenvalue weighted by Gasteiger charge is -2.27. The molecule has 1 atom stereocenters. The van der Waals surface area contributed by atoms with Crippen molar-refractivity contribution in [1.82, 2.24) is 4.90 Å². The summed E-state index contributed by atoms with van der Waals surface area (Å²) in [5.74, 6) is 0. The molecule has 0 radical (unpaired) electrons. The Labute approximate surface area is 130 Å². The molecule has 20 heavy (non-hydrogen) atoms. The quantitative estimate of drug-likeness (QED) is 0.454. The predicted molar refractivity (Wildman–Crippen MR) is 84.7 cm³/mol. The molecule has 110 valence electrons. The van der Waals surface area contributed by atoms with Crippen molar-refractivity contribution in [1.29, 1.82) is 0 Å². The summed E-state index contributed by atoms with van der Waals surface area (Å²) in [5.41, 5.74) is 0.844. The number of alkyl halides is 1. The molecule has 0 aliphatic carbocycles. The second-order valence-corrected chi connectivity index (χ2v) is 5.98. The number of hydrogen-bond donors (Lipinski definition) is 0. The molecule has 5 heteroatoms. The van der Waals surface area contributed by atoms with Gasteiger partial charge >= 0.3 is 0 Å². The van der Waals surface area contributed by atoms with E-state index in [1.807, 2.05) is 30.3 Å². The highest BCUT2D eigenvalue weighted by Gasteiger charge is 2.15. The summed E-state index contributed by atoms with van der Waals surface area (Å²) in [6.07, 6.45) is 3.86. The summed E-state index contributed by atoms with van der Waals surface area (Å²) in [7, 11) is 0. The highest BCUT2D eigenvalue weighted by Crippen LogP contribution is 2.11. The van der Waals surface area contributed by atoms with Crippen LogP contribution >= 0.6 is 23.2 Å². The number of piperidine rings is 1. The van der Waals surface area contributed by atoms with Gasteiger partial charge in [0.1, 0.15) is 6.61 Å². The molecule has 0 aromatic heterocycles. The summed E-state index contributed by atoms with van der Waals surface area (Å²) in [6, 6.07) is 9.53. The van der Waals surface area contributed by atoms with Crippen LogP contribution in [0.4, 0.5) is 0 Å². The maximum Gasteiger partial charge on any atom is 0.175 e. The largest absolute Gasteiger partial charge is 0.393 e. The number of likely N-dealkylation sites (tertiary alicyclic amines) is 1. The standard InChI is InChI=1S/C15H20Cl2N2O/c16-14(11-19-9-5-2-6-10-19)12-20-18-15(17)13-7-3-1-4-8-13/h1,3-4,7-8,14H,2,5-6,9-12H2. The first-order valence-electron chi connectivity index (χ1n) is 7.03. The average molecular weight is 315 g/mol. The normalized spacial score (nSPS) is 18.8. The van der Waals surface area contributed by atoms with Crippen LogP contribution in [0.25, 0.3) is 0 Å². The summed E-state index contributed by atoms with van der Waals surface area (Å²) in [5, 5.41) is 4.20. The van der Waals surface area contributed by atoms with Gasteiger partial charge in [0.2, 0.25) is 0 Å². The minimum atomic E-state index is -0.0582. The Bertz CT molecular complexity index is 419. The van der Waals surface area contributed by atoms with E-state index in [1.54, 1.807) is 0 Å². The van der Waals surface area contributed by atoms with E-state index in [9.17, 15) is 0 Å². The van der Waals surface area contributed by atoms with Crippen LogP contribution in [0.5, 0.6) is 0 Å². The van der Waals surface area contributed by atoms with Gasteiger partial charge in [-0.15, -0.1) is 11.6 Å². The van der Waals surface area contributed by atoms with E-state index < -0.39 is 0 Å². The van der Waals surface area contributed by atoms with Crippen molar-refractivity contribution >= 4 is 28.4 Å². The summed E-state index contributed by atoms with van der Waals surface area (Å²) in [6.45, 7) is 3.50. The zero-order valence-corrected chi connectivity index (χ0v) is 13.0. The maximum absolute atomic E-state index is 6.26. The van der Waals surface area contributed by atoms with E-state index in [2.05, 4.69) is 10.1 Å². The van der Waals surface area contributed by atoms with E-state index >= 15 is 0 Å². The second kappa shape index (κ2) is 8.50. The van der Waals surface area contributed by atoms with Crippen LogP contribution in [-0.4, -0.2) is 41.7 Å². The highest BCUT2D eigenvalue weighted by molar-refractivity contribution is 6.69. The Balaban J connectivity index is 1.71. The molecule has 1 aliphatic heterocycles. The molecule has 1 fully saturated rings. The van der Waals surface area contributed by atoms with Crippen molar-refractivity contribution in [2.75, 3.05) is 26.2 Å². The van der Waals surface area contributed by atoms with Crippen LogP contribution in [0, 0.1) is 0 Å². The van der Waals surface area contributed by atoms with E-state index in [1.165, 1.54) is 19.3 Å². The number of oxime groups is 1. The lowest BCUT2D eigenvalue weighted by atomic mass is 10.1. The second-order valence-electron chi connectivity index (χ2n) is 5.00. The van der Waals surface area contributed by atoms with E-state index in [0.717, 1.165) is 25.2 Å². The van der Waals surface area contributed by atoms with Gasteiger partial charge in [0, 0.05) is 12.1 Å². The van der Waals surface area contributed by atoms with Crippen molar-refractivity contribution in [3.8, 4) is 0 Å². The third-order valence-electron chi connectivity index (χ3n) is 3.32. The third kappa shape index (κ3) is 5.31. The van der Waals surface area contributed by atoms with Crippen LogP contribution in [-0.2, 0) is 4.84 Å². The van der Waals surface area contributed by atoms with Gasteiger partial charge in [-0.3, -0.25) is 0 Å². The molecule has 0 spiro atoms. The van der Waals surface area contributed by atoms with Gasteiger partial charge in [0.05, 0.1) is 5.38 Å². The van der Waals surface area contributed by atoms with Crippen LogP contribution in [0.3, 0.4) is 0 Å². The Morgan fingerprint density at radius 2 is 1.90 bits per heavy atom. The van der Waals surface area contributed by atoms with E-state index in [0.29, 0.717) is 11.8 Å². The van der Waals surface area contributed by atoms with Gasteiger partial charge in [-0.1, -0.05) is 53.5 Å². The number of hydrogen-bond acceptors (Lipinski definition) is 3. The van der Waals surface area contributed by atoms with Gasteiger partial charge in [-0.2, -0.15) is 0 Å². The average Bonchev–Trinajstić information content (AvgIpc) is 2.49. The van der Waals surface area contributed by atoms with Gasteiger partial charge in [0.15, 0.2) is 5.17 Å². The summed E-state index contributed by atoms with van der Waals surface area (Å²) in [4.78, 5) is 7.63. The Morgan fingerprint density at radius 3 is 2.60 bits per heavy atom. The first kappa shape index (κ1) is 15.6. The molecular weight excluding hydrogens is 295 g/mol. The van der Waals surface area contributed by atoms with E-state index in [4.69, 9.17) is 28.0 Å². The first-order valence-corrected chi connectivity index (χ1v) is 7.84. The minimum Gasteiger partial charge on any atom is -0.393 e. The van der Waals surface area contributed by atoms with Crippen molar-refractivity contribution < 1.29 is 4.84 Å². The molecule has 0 N–H and O–H groups in total. The predicted octanol–water partition coefficient (Wildman–Crippen LogP) is 3.70. The molecule has 0 saturated carbocycles. The molecule has 1 saturated heterocycles. The topological polar surface area (TPSA) is 24.8 Å². The number of rotatable bonds is 6. The smallest absolute Gasteiger partial charge is 0.175 e. The van der Waals surface area contributed by atoms with Gasteiger partial charge < -0.3 is 9.74 Å². The van der Waals surface area contributed by atoms with Crippen molar-refractivity contribution in [2.45, 2.75) is 24.6 Å². The highest BCUT2D eigenvalue weighted by atomic mass is 35.5. The number of halogens is 2. The first-order chi connectivity index (χ1) is 9.75. The van der Waals surface area contributed by atoms with Crippen LogP contribution in [0.2, 0.25) is 0 Å². The van der Waals surface area contributed by atoms with Gasteiger partial charge in [-0.05, 0) is 25.9 Å². The van der Waals surface area contributed by atoms with E-state index in [-0.39, 0.29) is 5.38 Å². The van der Waals surface area contributed by atoms with Gasteiger partial charge in [0.25, 0.3) is 0 Å². The molecule has 1 heterocycles. The van der Waals surface area contributed by atoms with Crippen molar-refractivity contribution in [3.63, 3.8) is 0 Å². The molecule has 1 unspecified atom stereocenters. The van der Waals surface area contributed by atoms with Crippen LogP contribution < -0.4 is 0 Å². The zero-order valence-electron chi connectivity index (χ0n) is 11.5. The lowest BCUT2D eigenvalue weighted by Crippen LogP contribution is -2.35. The van der Waals surface area contributed by atoms with Crippen molar-refractivity contribution in [3.05, 3.63) is 35.9 Å². The SMILES string of the molecule is ClC(=NOCC(Cl)CN1CCCCC1)c1ccccc1. The zero-order chi connectivity index (χ0) is 14.2. The number of nitrogens with zero attached hydrogens (tertiary/aromatic N) is 2. The van der Waals surface area contributed by atoms with Crippen LogP contribution in [0.15, 0.2) is 35.5 Å². The fourth-order valence-electron chi connectivity index (χ4n) is 2.28. The fraction of sp³-hybridized carbons (Fsp3) is 0.533. The molecule has 3 nitrogen and oxygen atoms in total.